The molecule has 0 aliphatic heterocycles. The van der Waals surface area contributed by atoms with Gasteiger partial charge in [0.05, 0.1) is 0 Å². The fourth-order valence-corrected chi connectivity index (χ4v) is 5.18. The lowest BCUT2D eigenvalue weighted by Gasteiger charge is -2.20. The highest BCUT2D eigenvalue weighted by Gasteiger charge is 2.39. The van der Waals surface area contributed by atoms with Crippen LogP contribution in [0, 0.1) is 5.92 Å². The number of aliphatic carboxylic acids is 1. The van der Waals surface area contributed by atoms with Crippen molar-refractivity contribution in [2.45, 2.75) is 30.9 Å². The molecule has 2 aliphatic rings. The molecule has 0 bridgehead atoms. The van der Waals surface area contributed by atoms with Crippen LogP contribution in [0.4, 0.5) is 4.79 Å². The first-order valence-corrected chi connectivity index (χ1v) is 12.2. The number of nitrogens with one attached hydrogen (secondary N) is 2. The van der Waals surface area contributed by atoms with Gasteiger partial charge in [0.15, 0.2) is 6.10 Å². The molecule has 9 heteroatoms. The van der Waals surface area contributed by atoms with Crippen molar-refractivity contribution in [1.29, 1.82) is 0 Å². The van der Waals surface area contributed by atoms with Gasteiger partial charge in [-0.3, -0.25) is 9.63 Å². The van der Waals surface area contributed by atoms with Crippen LogP contribution >= 0.6 is 11.3 Å². The van der Waals surface area contributed by atoms with Gasteiger partial charge in [-0.2, -0.15) is 0 Å². The van der Waals surface area contributed by atoms with E-state index in [0.29, 0.717) is 4.88 Å². The smallest absolute Gasteiger partial charge is 0.408 e. The molecule has 3 aromatic rings. The van der Waals surface area contributed by atoms with Crippen molar-refractivity contribution < 1.29 is 29.1 Å². The van der Waals surface area contributed by atoms with E-state index < -0.39 is 30.1 Å². The second-order valence-electron chi connectivity index (χ2n) is 8.60. The third-order valence-corrected chi connectivity index (χ3v) is 7.21. The summed E-state index contributed by atoms with van der Waals surface area (Å²) >= 11 is 1.28. The molecule has 1 fully saturated rings. The van der Waals surface area contributed by atoms with Gasteiger partial charge in [0.1, 0.15) is 12.6 Å². The number of carboxylic acid groups (broad SMARTS) is 1. The molecule has 1 heterocycles. The molecule has 5 rings (SSSR count). The van der Waals surface area contributed by atoms with Crippen LogP contribution in [-0.2, 0) is 19.2 Å². The Morgan fingerprint density at radius 1 is 0.971 bits per heavy atom. The first kappa shape index (κ1) is 23.1. The van der Waals surface area contributed by atoms with Crippen molar-refractivity contribution in [3.63, 3.8) is 0 Å². The molecule has 35 heavy (non-hydrogen) atoms. The molecule has 0 spiro atoms. The van der Waals surface area contributed by atoms with E-state index in [1.165, 1.54) is 11.3 Å². The monoisotopic (exact) mass is 492 g/mol. The van der Waals surface area contributed by atoms with Gasteiger partial charge in [0.25, 0.3) is 5.91 Å². The number of amides is 2. The predicted octanol–water partition coefficient (Wildman–Crippen LogP) is 4.24. The maximum absolute atomic E-state index is 12.8. The first-order valence-electron chi connectivity index (χ1n) is 11.4. The van der Waals surface area contributed by atoms with Crippen molar-refractivity contribution in [1.82, 2.24) is 10.8 Å². The number of carbonyl (C=O) groups excluding carboxylic acids is 2. The van der Waals surface area contributed by atoms with Crippen LogP contribution in [-0.4, -0.2) is 35.8 Å². The molecule has 3 N–H and O–H groups in total. The van der Waals surface area contributed by atoms with E-state index in [1.807, 2.05) is 36.4 Å². The highest BCUT2D eigenvalue weighted by molar-refractivity contribution is 7.10. The molecule has 8 nitrogen and oxygen atoms in total. The molecule has 2 atom stereocenters. The molecular weight excluding hydrogens is 468 g/mol. The number of carbonyl (C=O) groups is 3. The number of fused-ring (bicyclic) bond motifs is 3. The number of hydrogen-bond donors (Lipinski definition) is 3. The van der Waals surface area contributed by atoms with Crippen LogP contribution in [0.5, 0.6) is 0 Å². The summed E-state index contributed by atoms with van der Waals surface area (Å²) in [6.07, 6.45) is -0.395. The Bertz CT molecular complexity index is 1190. The number of rotatable bonds is 9. The summed E-state index contributed by atoms with van der Waals surface area (Å²) in [6.45, 7) is 0.109. The maximum Gasteiger partial charge on any atom is 0.408 e. The average Bonchev–Trinajstić information content (AvgIpc) is 3.44. The normalized spacial score (nSPS) is 16.0. The summed E-state index contributed by atoms with van der Waals surface area (Å²) in [6, 6.07) is 18.4. The molecule has 180 valence electrons. The standard InChI is InChI=1S/C26H24N2O6S/c29-24(28-34-23(25(30)31)15-11-12-15)22(21-10-5-13-35-21)27-26(32)33-14-20-18-8-3-1-6-16(18)17-7-2-4-9-19(17)20/h1-10,13,15,20,22-23H,11-12,14H2,(H,27,32)(H,28,29)(H,30,31). The molecule has 1 aromatic heterocycles. The van der Waals surface area contributed by atoms with E-state index in [2.05, 4.69) is 22.9 Å². The lowest BCUT2D eigenvalue weighted by atomic mass is 9.98. The Hall–Kier alpha value is -3.69. The summed E-state index contributed by atoms with van der Waals surface area (Å²) in [7, 11) is 0. The fourth-order valence-electron chi connectivity index (χ4n) is 4.41. The largest absolute Gasteiger partial charge is 0.479 e. The Morgan fingerprint density at radius 3 is 2.20 bits per heavy atom. The SMILES string of the molecule is O=C(NC(C(=O)NOC(C(=O)O)C1CC1)c1cccs1)OCC1c2ccccc2-c2ccccc21. The van der Waals surface area contributed by atoms with Gasteiger partial charge in [0, 0.05) is 10.8 Å². The Balaban J connectivity index is 1.25. The number of benzene rings is 2. The molecule has 1 saturated carbocycles. The third kappa shape index (κ3) is 4.91. The van der Waals surface area contributed by atoms with Crippen molar-refractivity contribution in [3.8, 4) is 11.1 Å². The van der Waals surface area contributed by atoms with Crippen LogP contribution in [0.25, 0.3) is 11.1 Å². The zero-order chi connectivity index (χ0) is 24.4. The predicted molar refractivity (Wildman–Crippen MR) is 129 cm³/mol. The summed E-state index contributed by atoms with van der Waals surface area (Å²) in [5.74, 6) is -2.04. The average molecular weight is 493 g/mol. The molecule has 2 aromatic carbocycles. The van der Waals surface area contributed by atoms with Crippen molar-refractivity contribution in [3.05, 3.63) is 82.0 Å². The topological polar surface area (TPSA) is 114 Å². The lowest BCUT2D eigenvalue weighted by Crippen LogP contribution is -2.43. The maximum atomic E-state index is 12.8. The minimum absolute atomic E-state index is 0.109. The van der Waals surface area contributed by atoms with Crippen molar-refractivity contribution >= 4 is 29.3 Å². The van der Waals surface area contributed by atoms with E-state index in [4.69, 9.17) is 9.57 Å². The minimum Gasteiger partial charge on any atom is -0.479 e. The van der Waals surface area contributed by atoms with Gasteiger partial charge in [0.2, 0.25) is 0 Å². The third-order valence-electron chi connectivity index (χ3n) is 6.28. The lowest BCUT2D eigenvalue weighted by molar-refractivity contribution is -0.163. The van der Waals surface area contributed by atoms with Gasteiger partial charge in [-0.05, 0) is 52.5 Å². The van der Waals surface area contributed by atoms with Crippen molar-refractivity contribution in [2.24, 2.45) is 5.92 Å². The number of carboxylic acids is 1. The van der Waals surface area contributed by atoms with Crippen molar-refractivity contribution in [2.75, 3.05) is 6.61 Å². The van der Waals surface area contributed by atoms with Crippen LogP contribution in [0.1, 0.15) is 40.8 Å². The quantitative estimate of drug-likeness (QED) is 0.385. The number of ether oxygens (including phenoxy) is 1. The minimum atomic E-state index is -1.13. The van der Waals surface area contributed by atoms with E-state index in [1.54, 1.807) is 17.5 Å². The number of hydroxylamine groups is 1. The zero-order valence-corrected chi connectivity index (χ0v) is 19.5. The molecular formula is C26H24N2O6S. The molecule has 2 aliphatic carbocycles. The summed E-state index contributed by atoms with van der Waals surface area (Å²) in [5.41, 5.74) is 6.63. The van der Waals surface area contributed by atoms with Crippen LogP contribution in [0.2, 0.25) is 0 Å². The van der Waals surface area contributed by atoms with Crippen LogP contribution in [0.3, 0.4) is 0 Å². The molecule has 2 unspecified atom stereocenters. The van der Waals surface area contributed by atoms with E-state index in [0.717, 1.165) is 35.1 Å². The van der Waals surface area contributed by atoms with Gasteiger partial charge in [-0.1, -0.05) is 54.6 Å². The highest BCUT2D eigenvalue weighted by Crippen LogP contribution is 2.44. The zero-order valence-electron chi connectivity index (χ0n) is 18.7. The van der Waals surface area contributed by atoms with Gasteiger partial charge in [-0.15, -0.1) is 11.3 Å². The van der Waals surface area contributed by atoms with Gasteiger partial charge >= 0.3 is 12.1 Å². The second-order valence-corrected chi connectivity index (χ2v) is 9.58. The van der Waals surface area contributed by atoms with E-state index >= 15 is 0 Å². The highest BCUT2D eigenvalue weighted by atomic mass is 32.1. The number of alkyl carbamates (subject to hydrolysis) is 1. The molecule has 0 saturated heterocycles. The molecule has 2 amide bonds. The summed E-state index contributed by atoms with van der Waals surface area (Å²) in [4.78, 5) is 42.7. The Morgan fingerprint density at radius 2 is 1.63 bits per heavy atom. The number of hydrogen-bond acceptors (Lipinski definition) is 6. The van der Waals surface area contributed by atoms with Gasteiger partial charge < -0.3 is 15.2 Å². The number of thiophene rings is 1. The van der Waals surface area contributed by atoms with Crippen LogP contribution in [0.15, 0.2) is 66.0 Å². The Kier molecular flexibility index (Phi) is 6.52. The molecule has 0 radical (unpaired) electrons. The van der Waals surface area contributed by atoms with E-state index in [9.17, 15) is 19.5 Å². The second kappa shape index (κ2) is 9.89. The summed E-state index contributed by atoms with van der Waals surface area (Å²) in [5, 5.41) is 13.7. The Labute approximate surface area is 205 Å². The summed E-state index contributed by atoms with van der Waals surface area (Å²) < 4.78 is 5.57. The van der Waals surface area contributed by atoms with E-state index in [-0.39, 0.29) is 18.4 Å². The first-order chi connectivity index (χ1) is 17.0. The van der Waals surface area contributed by atoms with Crippen LogP contribution < -0.4 is 10.8 Å². The van der Waals surface area contributed by atoms with Gasteiger partial charge in [-0.25, -0.2) is 15.1 Å². The fraction of sp³-hybridized carbons (Fsp3) is 0.269.